The number of hydrogen-bond acceptors (Lipinski definition) is 4. The molecule has 5 nitrogen and oxygen atoms in total. The summed E-state index contributed by atoms with van der Waals surface area (Å²) in [4.78, 5) is 20.2. The van der Waals surface area contributed by atoms with E-state index in [1.54, 1.807) is 11.8 Å². The maximum absolute atomic E-state index is 11.3. The number of hydrogen-bond donors (Lipinski definition) is 2. The molecule has 0 saturated heterocycles. The van der Waals surface area contributed by atoms with Gasteiger partial charge in [-0.2, -0.15) is 11.8 Å². The smallest absolute Gasteiger partial charge is 0.407 e. The van der Waals surface area contributed by atoms with Crippen LogP contribution < -0.4 is 5.32 Å². The fourth-order valence-corrected chi connectivity index (χ4v) is 2.46. The molecule has 1 amide bonds. The third-order valence-electron chi connectivity index (χ3n) is 1.64. The van der Waals surface area contributed by atoms with Crippen molar-refractivity contribution in [3.63, 3.8) is 0 Å². The standard InChI is InChI=1S/C7H16NO4PS/c1-12-7(9)8-6(4-5-14-3)13(2,10)11/h6H,4-5H2,1-3H3,(H,8,9)(H,10,11). The Morgan fingerprint density at radius 2 is 2.29 bits per heavy atom. The number of ether oxygens (including phenoxy) is 1. The van der Waals surface area contributed by atoms with Gasteiger partial charge in [0.1, 0.15) is 5.78 Å². The minimum absolute atomic E-state index is 0.459. The molecule has 0 aromatic carbocycles. The normalized spacial score (nSPS) is 16.9. The maximum atomic E-state index is 11.3. The van der Waals surface area contributed by atoms with Gasteiger partial charge in [0.25, 0.3) is 0 Å². The molecule has 0 bridgehead atoms. The van der Waals surface area contributed by atoms with Crippen LogP contribution in [0.15, 0.2) is 0 Å². The Labute approximate surface area is 88.0 Å². The third kappa shape index (κ3) is 5.52. The molecule has 0 rings (SSSR count). The average molecular weight is 241 g/mol. The highest BCUT2D eigenvalue weighted by Crippen LogP contribution is 2.42. The second-order valence-corrected chi connectivity index (χ2v) is 6.37. The van der Waals surface area contributed by atoms with Gasteiger partial charge in [-0.25, -0.2) is 4.79 Å². The summed E-state index contributed by atoms with van der Waals surface area (Å²) in [5, 5.41) is 2.35. The number of thioether (sulfide) groups is 1. The molecule has 0 spiro atoms. The predicted octanol–water partition coefficient (Wildman–Crippen LogP) is 1.32. The zero-order valence-corrected chi connectivity index (χ0v) is 10.2. The quantitative estimate of drug-likeness (QED) is 0.710. The molecule has 0 aliphatic rings. The SMILES string of the molecule is COC(=O)NC(CCSC)P(C)(=O)O. The van der Waals surface area contributed by atoms with Gasteiger partial charge < -0.3 is 14.9 Å². The highest BCUT2D eigenvalue weighted by atomic mass is 32.2. The Bertz CT molecular complexity index is 230. The summed E-state index contributed by atoms with van der Waals surface area (Å²) in [5.74, 6) is -0.00467. The van der Waals surface area contributed by atoms with E-state index < -0.39 is 19.2 Å². The van der Waals surface area contributed by atoms with Crippen molar-refractivity contribution in [2.24, 2.45) is 0 Å². The van der Waals surface area contributed by atoms with Gasteiger partial charge in [-0.3, -0.25) is 4.57 Å². The number of rotatable bonds is 5. The summed E-state index contributed by atoms with van der Waals surface area (Å²) in [5.41, 5.74) is 0. The van der Waals surface area contributed by atoms with Crippen molar-refractivity contribution in [2.45, 2.75) is 12.2 Å². The molecule has 0 saturated carbocycles. The Morgan fingerprint density at radius 1 is 1.71 bits per heavy atom. The maximum Gasteiger partial charge on any atom is 0.407 e. The lowest BCUT2D eigenvalue weighted by Crippen LogP contribution is -2.34. The van der Waals surface area contributed by atoms with Crippen LogP contribution in [0.25, 0.3) is 0 Å². The van der Waals surface area contributed by atoms with E-state index in [1.165, 1.54) is 13.8 Å². The summed E-state index contributed by atoms with van der Waals surface area (Å²) in [6, 6.07) is 0. The number of carbonyl (C=O) groups is 1. The first-order chi connectivity index (χ1) is 6.41. The van der Waals surface area contributed by atoms with Crippen LogP contribution in [-0.4, -0.2) is 42.6 Å². The number of carbonyl (C=O) groups excluding carboxylic acids is 1. The van der Waals surface area contributed by atoms with Crippen LogP contribution in [0.1, 0.15) is 6.42 Å². The average Bonchev–Trinajstić information content (AvgIpc) is 2.09. The van der Waals surface area contributed by atoms with Crippen molar-refractivity contribution in [3.05, 3.63) is 0 Å². The van der Waals surface area contributed by atoms with Crippen LogP contribution >= 0.6 is 19.1 Å². The zero-order valence-electron chi connectivity index (χ0n) is 8.52. The van der Waals surface area contributed by atoms with Gasteiger partial charge in [0, 0.05) is 6.66 Å². The lowest BCUT2D eigenvalue weighted by molar-refractivity contribution is 0.169. The van der Waals surface area contributed by atoms with Crippen LogP contribution in [0.2, 0.25) is 0 Å². The fraction of sp³-hybridized carbons (Fsp3) is 0.857. The monoisotopic (exact) mass is 241 g/mol. The molecule has 7 heteroatoms. The van der Waals surface area contributed by atoms with E-state index in [1.807, 2.05) is 6.26 Å². The molecule has 0 aliphatic heterocycles. The summed E-state index contributed by atoms with van der Waals surface area (Å²) in [7, 11) is -2.08. The van der Waals surface area contributed by atoms with E-state index in [0.717, 1.165) is 0 Å². The number of nitrogens with one attached hydrogen (secondary N) is 1. The molecule has 2 N–H and O–H groups in total. The van der Waals surface area contributed by atoms with Crippen LogP contribution in [0.5, 0.6) is 0 Å². The van der Waals surface area contributed by atoms with E-state index in [4.69, 9.17) is 0 Å². The molecule has 0 radical (unpaired) electrons. The Balaban J connectivity index is 4.26. The predicted molar refractivity (Wildman–Crippen MR) is 58.1 cm³/mol. The van der Waals surface area contributed by atoms with E-state index >= 15 is 0 Å². The summed E-state index contributed by atoms with van der Waals surface area (Å²) < 4.78 is 15.7. The lowest BCUT2D eigenvalue weighted by Gasteiger charge is -2.20. The van der Waals surface area contributed by atoms with Crippen LogP contribution in [-0.2, 0) is 9.30 Å². The molecular weight excluding hydrogens is 225 g/mol. The summed E-state index contributed by atoms with van der Waals surface area (Å²) >= 11 is 1.56. The first-order valence-corrected chi connectivity index (χ1v) is 7.62. The molecule has 0 aliphatic carbocycles. The second kappa shape index (κ2) is 6.32. The molecule has 0 fully saturated rings. The molecule has 0 heterocycles. The highest BCUT2D eigenvalue weighted by Gasteiger charge is 2.26. The molecule has 84 valence electrons. The Morgan fingerprint density at radius 3 is 2.64 bits per heavy atom. The molecule has 0 aromatic rings. The topological polar surface area (TPSA) is 75.6 Å². The van der Waals surface area contributed by atoms with Crippen molar-refractivity contribution < 1.29 is 19.0 Å². The molecule has 2 unspecified atom stereocenters. The van der Waals surface area contributed by atoms with Gasteiger partial charge in [0.15, 0.2) is 0 Å². The van der Waals surface area contributed by atoms with Crippen LogP contribution in [0.3, 0.4) is 0 Å². The largest absolute Gasteiger partial charge is 0.453 e. The molecule has 14 heavy (non-hydrogen) atoms. The van der Waals surface area contributed by atoms with Gasteiger partial charge in [0.05, 0.1) is 7.11 Å². The van der Waals surface area contributed by atoms with Gasteiger partial charge in [0.2, 0.25) is 7.37 Å². The van der Waals surface area contributed by atoms with Gasteiger partial charge in [-0.1, -0.05) is 0 Å². The van der Waals surface area contributed by atoms with Gasteiger partial charge in [-0.05, 0) is 18.4 Å². The second-order valence-electron chi connectivity index (χ2n) is 2.88. The van der Waals surface area contributed by atoms with E-state index in [9.17, 15) is 14.3 Å². The van der Waals surface area contributed by atoms with Crippen molar-refractivity contribution >= 4 is 25.2 Å². The van der Waals surface area contributed by atoms with Crippen molar-refractivity contribution in [2.75, 3.05) is 25.8 Å². The Hall–Kier alpha value is -0.190. The van der Waals surface area contributed by atoms with Gasteiger partial charge >= 0.3 is 6.09 Å². The third-order valence-corrected chi connectivity index (χ3v) is 3.83. The number of methoxy groups -OCH3 is 1. The number of amides is 1. The molecule has 2 atom stereocenters. The minimum Gasteiger partial charge on any atom is -0.453 e. The van der Waals surface area contributed by atoms with Crippen molar-refractivity contribution in [1.29, 1.82) is 0 Å². The first kappa shape index (κ1) is 13.8. The minimum atomic E-state index is -3.30. The summed E-state index contributed by atoms with van der Waals surface area (Å²) in [6.45, 7) is 1.23. The van der Waals surface area contributed by atoms with E-state index in [2.05, 4.69) is 10.1 Å². The first-order valence-electron chi connectivity index (χ1n) is 4.05. The highest BCUT2D eigenvalue weighted by molar-refractivity contribution is 7.98. The van der Waals surface area contributed by atoms with Crippen molar-refractivity contribution in [1.82, 2.24) is 5.32 Å². The Kier molecular flexibility index (Phi) is 6.24. The van der Waals surface area contributed by atoms with Gasteiger partial charge in [-0.15, -0.1) is 0 Å². The van der Waals surface area contributed by atoms with Crippen LogP contribution in [0.4, 0.5) is 4.79 Å². The number of alkyl carbamates (subject to hydrolysis) is 1. The van der Waals surface area contributed by atoms with Crippen LogP contribution in [0, 0.1) is 0 Å². The molecule has 0 aromatic heterocycles. The lowest BCUT2D eigenvalue weighted by atomic mass is 10.5. The van der Waals surface area contributed by atoms with E-state index in [0.29, 0.717) is 12.2 Å². The summed E-state index contributed by atoms with van der Waals surface area (Å²) in [6.07, 6.45) is 1.68. The van der Waals surface area contributed by atoms with Crippen molar-refractivity contribution in [3.8, 4) is 0 Å². The zero-order chi connectivity index (χ0) is 11.2. The molecular formula is C7H16NO4PS. The fourth-order valence-electron chi connectivity index (χ4n) is 0.856. The van der Waals surface area contributed by atoms with E-state index in [-0.39, 0.29) is 0 Å².